The maximum atomic E-state index is 4.45. The van der Waals surface area contributed by atoms with E-state index in [1.807, 2.05) is 6.20 Å². The van der Waals surface area contributed by atoms with Crippen LogP contribution in [0.5, 0.6) is 0 Å². The van der Waals surface area contributed by atoms with Gasteiger partial charge < -0.3 is 9.88 Å². The molecule has 3 nitrogen and oxygen atoms in total. The van der Waals surface area contributed by atoms with Crippen LogP contribution >= 0.6 is 0 Å². The fourth-order valence-corrected chi connectivity index (χ4v) is 2.89. The standard InChI is InChI=1S/C15H27N3/c1-4-13-5-7-14(8-6-13)17-15-16-9-10-18(15)11-12(2)3/h9-10,12-14H,4-8,11H2,1-3H3,(H,16,17). The predicted molar refractivity (Wildman–Crippen MR) is 76.7 cm³/mol. The molecule has 0 atom stereocenters. The van der Waals surface area contributed by atoms with Crippen molar-refractivity contribution in [3.63, 3.8) is 0 Å². The molecule has 0 saturated heterocycles. The van der Waals surface area contributed by atoms with Crippen molar-refractivity contribution < 1.29 is 0 Å². The summed E-state index contributed by atoms with van der Waals surface area (Å²) in [7, 11) is 0. The molecule has 3 heteroatoms. The van der Waals surface area contributed by atoms with Crippen LogP contribution in [0.25, 0.3) is 0 Å². The normalized spacial score (nSPS) is 24.4. The molecule has 0 radical (unpaired) electrons. The fourth-order valence-electron chi connectivity index (χ4n) is 2.89. The van der Waals surface area contributed by atoms with Crippen molar-refractivity contribution in [1.29, 1.82) is 0 Å². The molecule has 0 aromatic carbocycles. The lowest BCUT2D eigenvalue weighted by molar-refractivity contribution is 0.328. The minimum atomic E-state index is 0.626. The van der Waals surface area contributed by atoms with Crippen molar-refractivity contribution >= 4 is 5.95 Å². The lowest BCUT2D eigenvalue weighted by atomic mass is 9.85. The SMILES string of the molecule is CCC1CCC(Nc2nccn2CC(C)C)CC1. The number of imidazole rings is 1. The lowest BCUT2D eigenvalue weighted by Crippen LogP contribution is -2.27. The molecule has 0 amide bonds. The van der Waals surface area contributed by atoms with Crippen LogP contribution in [0, 0.1) is 11.8 Å². The molecule has 1 aliphatic carbocycles. The Bertz CT molecular complexity index is 348. The molecule has 1 aliphatic rings. The summed E-state index contributed by atoms with van der Waals surface area (Å²) in [5.41, 5.74) is 0. The van der Waals surface area contributed by atoms with Gasteiger partial charge in [-0.25, -0.2) is 4.98 Å². The summed E-state index contributed by atoms with van der Waals surface area (Å²) in [6.45, 7) is 7.85. The van der Waals surface area contributed by atoms with Crippen LogP contribution in [0.4, 0.5) is 5.95 Å². The molecule has 0 unspecified atom stereocenters. The van der Waals surface area contributed by atoms with E-state index < -0.39 is 0 Å². The van der Waals surface area contributed by atoms with E-state index in [4.69, 9.17) is 0 Å². The topological polar surface area (TPSA) is 29.9 Å². The minimum Gasteiger partial charge on any atom is -0.353 e. The van der Waals surface area contributed by atoms with Crippen LogP contribution in [-0.2, 0) is 6.54 Å². The first-order chi connectivity index (χ1) is 8.69. The second kappa shape index (κ2) is 6.26. The Morgan fingerprint density at radius 1 is 1.33 bits per heavy atom. The molecule has 18 heavy (non-hydrogen) atoms. The van der Waals surface area contributed by atoms with Gasteiger partial charge in [-0.2, -0.15) is 0 Å². The molecule has 102 valence electrons. The highest BCUT2D eigenvalue weighted by molar-refractivity contribution is 5.27. The van der Waals surface area contributed by atoms with E-state index in [1.54, 1.807) is 0 Å². The Balaban J connectivity index is 1.88. The van der Waals surface area contributed by atoms with E-state index in [0.717, 1.165) is 18.4 Å². The summed E-state index contributed by atoms with van der Waals surface area (Å²) in [6, 6.07) is 0.626. The number of hydrogen-bond acceptors (Lipinski definition) is 2. The smallest absolute Gasteiger partial charge is 0.202 e. The number of anilines is 1. The van der Waals surface area contributed by atoms with Crippen LogP contribution in [-0.4, -0.2) is 15.6 Å². The lowest BCUT2D eigenvalue weighted by Gasteiger charge is -2.29. The van der Waals surface area contributed by atoms with Gasteiger partial charge >= 0.3 is 0 Å². The maximum Gasteiger partial charge on any atom is 0.202 e. The van der Waals surface area contributed by atoms with Gasteiger partial charge in [-0.3, -0.25) is 0 Å². The Hall–Kier alpha value is -0.990. The second-order valence-electron chi connectivity index (χ2n) is 6.07. The van der Waals surface area contributed by atoms with Gasteiger partial charge in [0.15, 0.2) is 0 Å². The van der Waals surface area contributed by atoms with E-state index in [0.29, 0.717) is 12.0 Å². The molecule has 1 aromatic heterocycles. The highest BCUT2D eigenvalue weighted by atomic mass is 15.2. The van der Waals surface area contributed by atoms with E-state index in [9.17, 15) is 0 Å². The number of rotatable bonds is 5. The minimum absolute atomic E-state index is 0.626. The van der Waals surface area contributed by atoms with Crippen LogP contribution < -0.4 is 5.32 Å². The third-order valence-corrected chi connectivity index (χ3v) is 4.03. The summed E-state index contributed by atoms with van der Waals surface area (Å²) in [5.74, 6) is 2.68. The predicted octanol–water partition coefficient (Wildman–Crippen LogP) is 3.92. The van der Waals surface area contributed by atoms with Crippen molar-refractivity contribution in [1.82, 2.24) is 9.55 Å². The van der Waals surface area contributed by atoms with Crippen molar-refractivity contribution in [2.24, 2.45) is 11.8 Å². The largest absolute Gasteiger partial charge is 0.353 e. The molecule has 1 heterocycles. The first-order valence-corrected chi connectivity index (χ1v) is 7.46. The average Bonchev–Trinajstić information content (AvgIpc) is 2.77. The molecule has 1 fully saturated rings. The third kappa shape index (κ3) is 3.50. The summed E-state index contributed by atoms with van der Waals surface area (Å²) in [4.78, 5) is 4.45. The molecular formula is C15H27N3. The second-order valence-corrected chi connectivity index (χ2v) is 6.07. The summed E-state index contributed by atoms with van der Waals surface area (Å²) in [5, 5.41) is 3.63. The van der Waals surface area contributed by atoms with Gasteiger partial charge in [-0.15, -0.1) is 0 Å². The summed E-state index contributed by atoms with van der Waals surface area (Å²) < 4.78 is 2.25. The van der Waals surface area contributed by atoms with Gasteiger partial charge in [0.05, 0.1) is 0 Å². The van der Waals surface area contributed by atoms with Gasteiger partial charge in [0.25, 0.3) is 0 Å². The van der Waals surface area contributed by atoms with Gasteiger partial charge in [-0.05, 0) is 37.5 Å². The maximum absolute atomic E-state index is 4.45. The first kappa shape index (κ1) is 13.4. The fraction of sp³-hybridized carbons (Fsp3) is 0.800. The van der Waals surface area contributed by atoms with Crippen LogP contribution in [0.15, 0.2) is 12.4 Å². The molecule has 1 aromatic rings. The number of nitrogens with zero attached hydrogens (tertiary/aromatic N) is 2. The Morgan fingerprint density at radius 3 is 2.67 bits per heavy atom. The average molecular weight is 249 g/mol. The van der Waals surface area contributed by atoms with Crippen molar-refractivity contribution in [3.8, 4) is 0 Å². The first-order valence-electron chi connectivity index (χ1n) is 7.46. The number of aromatic nitrogens is 2. The zero-order valence-corrected chi connectivity index (χ0v) is 12.0. The Morgan fingerprint density at radius 2 is 2.06 bits per heavy atom. The number of hydrogen-bond donors (Lipinski definition) is 1. The van der Waals surface area contributed by atoms with Gasteiger partial charge in [-0.1, -0.05) is 27.2 Å². The molecule has 1 saturated carbocycles. The summed E-state index contributed by atoms with van der Waals surface area (Å²) in [6.07, 6.45) is 10.7. The van der Waals surface area contributed by atoms with E-state index in [-0.39, 0.29) is 0 Å². The summed E-state index contributed by atoms with van der Waals surface area (Å²) >= 11 is 0. The zero-order chi connectivity index (χ0) is 13.0. The molecule has 0 spiro atoms. The highest BCUT2D eigenvalue weighted by Crippen LogP contribution is 2.28. The molecule has 0 aliphatic heterocycles. The molecule has 2 rings (SSSR count). The van der Waals surface area contributed by atoms with Crippen molar-refractivity contribution in [3.05, 3.63) is 12.4 Å². The zero-order valence-electron chi connectivity index (χ0n) is 12.0. The molecule has 1 N–H and O–H groups in total. The van der Waals surface area contributed by atoms with Crippen molar-refractivity contribution in [2.45, 2.75) is 65.5 Å². The molecule has 0 bridgehead atoms. The van der Waals surface area contributed by atoms with Crippen LogP contribution in [0.1, 0.15) is 52.9 Å². The quantitative estimate of drug-likeness (QED) is 0.857. The van der Waals surface area contributed by atoms with Gasteiger partial charge in [0.2, 0.25) is 5.95 Å². The third-order valence-electron chi connectivity index (χ3n) is 4.03. The highest BCUT2D eigenvalue weighted by Gasteiger charge is 2.20. The van der Waals surface area contributed by atoms with E-state index >= 15 is 0 Å². The van der Waals surface area contributed by atoms with E-state index in [1.165, 1.54) is 32.1 Å². The van der Waals surface area contributed by atoms with Crippen molar-refractivity contribution in [2.75, 3.05) is 5.32 Å². The van der Waals surface area contributed by atoms with Crippen LogP contribution in [0.3, 0.4) is 0 Å². The van der Waals surface area contributed by atoms with Crippen LogP contribution in [0.2, 0.25) is 0 Å². The van der Waals surface area contributed by atoms with Gasteiger partial charge in [0, 0.05) is 25.0 Å². The Kier molecular flexibility index (Phi) is 4.67. The van der Waals surface area contributed by atoms with E-state index in [2.05, 4.69) is 41.8 Å². The van der Waals surface area contributed by atoms with Gasteiger partial charge in [0.1, 0.15) is 0 Å². The number of nitrogens with one attached hydrogen (secondary N) is 1. The Labute approximate surface area is 111 Å². The molecular weight excluding hydrogens is 222 g/mol. The monoisotopic (exact) mass is 249 g/mol.